The molecule has 0 aromatic rings. The molecule has 2 heterocycles. The summed E-state index contributed by atoms with van der Waals surface area (Å²) in [4.78, 5) is 0. The SMILES string of the molecule is CS(=O)(=O)N1CC2COC(C2)C1. The van der Waals surface area contributed by atoms with Crippen molar-refractivity contribution in [3.63, 3.8) is 0 Å². The van der Waals surface area contributed by atoms with E-state index >= 15 is 0 Å². The Morgan fingerprint density at radius 3 is 2.75 bits per heavy atom. The van der Waals surface area contributed by atoms with Crippen LogP contribution in [0.15, 0.2) is 0 Å². The van der Waals surface area contributed by atoms with Crippen molar-refractivity contribution in [3.05, 3.63) is 0 Å². The van der Waals surface area contributed by atoms with E-state index in [9.17, 15) is 8.42 Å². The molecule has 2 saturated heterocycles. The molecule has 0 radical (unpaired) electrons. The van der Waals surface area contributed by atoms with E-state index in [0.29, 0.717) is 19.0 Å². The number of hydrogen-bond donors (Lipinski definition) is 0. The van der Waals surface area contributed by atoms with Gasteiger partial charge in [-0.2, -0.15) is 4.31 Å². The van der Waals surface area contributed by atoms with Crippen molar-refractivity contribution in [1.82, 2.24) is 4.31 Å². The van der Waals surface area contributed by atoms with Gasteiger partial charge in [-0.25, -0.2) is 8.42 Å². The Morgan fingerprint density at radius 1 is 1.42 bits per heavy atom. The summed E-state index contributed by atoms with van der Waals surface area (Å²) in [6, 6.07) is 0. The minimum Gasteiger partial charge on any atom is -0.376 e. The number of rotatable bonds is 1. The van der Waals surface area contributed by atoms with Gasteiger partial charge in [0.1, 0.15) is 0 Å². The van der Waals surface area contributed by atoms with Crippen molar-refractivity contribution in [2.75, 3.05) is 26.0 Å². The molecule has 0 saturated carbocycles. The van der Waals surface area contributed by atoms with Gasteiger partial charge in [0, 0.05) is 13.1 Å². The molecule has 70 valence electrons. The first-order valence-corrected chi connectivity index (χ1v) is 5.97. The molecule has 0 aromatic carbocycles. The molecule has 12 heavy (non-hydrogen) atoms. The molecule has 0 N–H and O–H groups in total. The zero-order valence-corrected chi connectivity index (χ0v) is 7.88. The highest BCUT2D eigenvalue weighted by molar-refractivity contribution is 7.88. The van der Waals surface area contributed by atoms with Gasteiger partial charge in [-0.3, -0.25) is 0 Å². The number of piperidine rings is 1. The second-order valence-electron chi connectivity index (χ2n) is 3.64. The van der Waals surface area contributed by atoms with Crippen LogP contribution in [0.3, 0.4) is 0 Å². The fraction of sp³-hybridized carbons (Fsp3) is 1.00. The molecular formula is C7H13NO3S. The maximum absolute atomic E-state index is 11.2. The maximum Gasteiger partial charge on any atom is 0.211 e. The maximum atomic E-state index is 11.2. The van der Waals surface area contributed by atoms with Crippen LogP contribution in [-0.2, 0) is 14.8 Å². The topological polar surface area (TPSA) is 46.6 Å². The van der Waals surface area contributed by atoms with Gasteiger partial charge in [0.2, 0.25) is 10.0 Å². The predicted molar refractivity (Wildman–Crippen MR) is 44.3 cm³/mol. The van der Waals surface area contributed by atoms with E-state index in [4.69, 9.17) is 4.74 Å². The quantitative estimate of drug-likeness (QED) is 0.570. The minimum atomic E-state index is -3.00. The normalized spacial score (nSPS) is 37.1. The Morgan fingerprint density at radius 2 is 2.17 bits per heavy atom. The summed E-state index contributed by atoms with van der Waals surface area (Å²) < 4.78 is 29.3. The second kappa shape index (κ2) is 2.68. The lowest BCUT2D eigenvalue weighted by atomic mass is 10.0. The number of sulfonamides is 1. The third kappa shape index (κ3) is 1.48. The minimum absolute atomic E-state index is 0.151. The fourth-order valence-corrected chi connectivity index (χ4v) is 2.81. The summed E-state index contributed by atoms with van der Waals surface area (Å²) in [5.41, 5.74) is 0. The van der Waals surface area contributed by atoms with Crippen molar-refractivity contribution >= 4 is 10.0 Å². The summed E-state index contributed by atoms with van der Waals surface area (Å²) in [5.74, 6) is 0.429. The standard InChI is InChI=1S/C7H13NO3S/c1-12(9,10)8-3-6-2-7(4-8)11-5-6/h6-7H,2-5H2,1H3. The molecule has 2 aliphatic rings. The van der Waals surface area contributed by atoms with Crippen LogP contribution < -0.4 is 0 Å². The zero-order chi connectivity index (χ0) is 8.77. The van der Waals surface area contributed by atoms with Crippen LogP contribution in [0.5, 0.6) is 0 Å². The number of ether oxygens (including phenoxy) is 1. The highest BCUT2D eigenvalue weighted by atomic mass is 32.2. The van der Waals surface area contributed by atoms with Crippen LogP contribution in [-0.4, -0.2) is 44.8 Å². The first kappa shape index (κ1) is 8.47. The number of hydrogen-bond acceptors (Lipinski definition) is 3. The monoisotopic (exact) mass is 191 g/mol. The number of nitrogens with zero attached hydrogens (tertiary/aromatic N) is 1. The van der Waals surface area contributed by atoms with Crippen LogP contribution in [0.1, 0.15) is 6.42 Å². The Bertz CT molecular complexity index is 262. The van der Waals surface area contributed by atoms with Crippen LogP contribution in [0, 0.1) is 5.92 Å². The van der Waals surface area contributed by atoms with Crippen LogP contribution >= 0.6 is 0 Å². The lowest BCUT2D eigenvalue weighted by Crippen LogP contribution is -2.42. The lowest BCUT2D eigenvalue weighted by molar-refractivity contribution is 0.104. The fourth-order valence-electron chi connectivity index (χ4n) is 1.89. The van der Waals surface area contributed by atoms with Gasteiger partial charge in [0.25, 0.3) is 0 Å². The molecule has 2 atom stereocenters. The summed E-state index contributed by atoms with van der Waals surface area (Å²) in [6.07, 6.45) is 2.45. The van der Waals surface area contributed by atoms with E-state index in [0.717, 1.165) is 13.0 Å². The molecule has 2 fully saturated rings. The average Bonchev–Trinajstić information content (AvgIpc) is 2.28. The van der Waals surface area contributed by atoms with Crippen molar-refractivity contribution in [2.24, 2.45) is 5.92 Å². The molecule has 2 aliphatic heterocycles. The molecule has 0 aromatic heterocycles. The van der Waals surface area contributed by atoms with Crippen molar-refractivity contribution in [3.8, 4) is 0 Å². The van der Waals surface area contributed by atoms with E-state index < -0.39 is 10.0 Å². The predicted octanol–water partition coefficient (Wildman–Crippen LogP) is -0.333. The molecule has 4 nitrogen and oxygen atoms in total. The zero-order valence-electron chi connectivity index (χ0n) is 7.06. The summed E-state index contributed by atoms with van der Waals surface area (Å²) in [5, 5.41) is 0. The lowest BCUT2D eigenvalue weighted by Gasteiger charge is -2.27. The Balaban J connectivity index is 2.13. The molecule has 2 unspecified atom stereocenters. The molecule has 0 aliphatic carbocycles. The molecule has 5 heteroatoms. The summed E-state index contributed by atoms with van der Waals surface area (Å²) >= 11 is 0. The Hall–Kier alpha value is -0.130. The van der Waals surface area contributed by atoms with E-state index in [1.54, 1.807) is 0 Å². The molecular weight excluding hydrogens is 178 g/mol. The molecule has 2 bridgehead atoms. The summed E-state index contributed by atoms with van der Waals surface area (Å²) in [7, 11) is -3.00. The third-order valence-electron chi connectivity index (χ3n) is 2.50. The Kier molecular flexibility index (Phi) is 1.89. The van der Waals surface area contributed by atoms with Gasteiger partial charge in [-0.15, -0.1) is 0 Å². The molecule has 0 amide bonds. The third-order valence-corrected chi connectivity index (χ3v) is 3.74. The van der Waals surface area contributed by atoms with Crippen molar-refractivity contribution in [1.29, 1.82) is 0 Å². The van der Waals surface area contributed by atoms with E-state index in [-0.39, 0.29) is 6.10 Å². The second-order valence-corrected chi connectivity index (χ2v) is 5.62. The van der Waals surface area contributed by atoms with Gasteiger partial charge in [0.15, 0.2) is 0 Å². The first-order valence-electron chi connectivity index (χ1n) is 4.12. The van der Waals surface area contributed by atoms with Crippen LogP contribution in [0.4, 0.5) is 0 Å². The van der Waals surface area contributed by atoms with Crippen molar-refractivity contribution < 1.29 is 13.2 Å². The van der Waals surface area contributed by atoms with Crippen molar-refractivity contribution in [2.45, 2.75) is 12.5 Å². The van der Waals surface area contributed by atoms with Gasteiger partial charge < -0.3 is 4.74 Å². The van der Waals surface area contributed by atoms with Crippen LogP contribution in [0.25, 0.3) is 0 Å². The first-order chi connectivity index (χ1) is 5.55. The number of fused-ring (bicyclic) bond motifs is 2. The van der Waals surface area contributed by atoms with Crippen LogP contribution in [0.2, 0.25) is 0 Å². The Labute approximate surface area is 72.6 Å². The highest BCUT2D eigenvalue weighted by Gasteiger charge is 2.37. The van der Waals surface area contributed by atoms with E-state index in [1.165, 1.54) is 10.6 Å². The highest BCUT2D eigenvalue weighted by Crippen LogP contribution is 2.27. The summed E-state index contributed by atoms with van der Waals surface area (Å²) in [6.45, 7) is 1.93. The van der Waals surface area contributed by atoms with Gasteiger partial charge in [-0.1, -0.05) is 0 Å². The van der Waals surface area contributed by atoms with Gasteiger partial charge >= 0.3 is 0 Å². The molecule has 0 spiro atoms. The average molecular weight is 191 g/mol. The van der Waals surface area contributed by atoms with Gasteiger partial charge in [0.05, 0.1) is 19.0 Å². The van der Waals surface area contributed by atoms with E-state index in [1.807, 2.05) is 0 Å². The molecule has 2 rings (SSSR count). The largest absolute Gasteiger partial charge is 0.376 e. The van der Waals surface area contributed by atoms with E-state index in [2.05, 4.69) is 0 Å². The van der Waals surface area contributed by atoms with Gasteiger partial charge in [-0.05, 0) is 12.3 Å². The smallest absolute Gasteiger partial charge is 0.211 e.